The van der Waals surface area contributed by atoms with Gasteiger partial charge in [-0.15, -0.1) is 21.5 Å². The number of amides is 1. The lowest BCUT2D eigenvalue weighted by Crippen LogP contribution is -2.30. The smallest absolute Gasteiger partial charge is 0.337 e. The molecule has 0 spiro atoms. The van der Waals surface area contributed by atoms with E-state index in [1.807, 2.05) is 42.7 Å². The van der Waals surface area contributed by atoms with Crippen LogP contribution in [0.5, 0.6) is 0 Å². The van der Waals surface area contributed by atoms with Gasteiger partial charge >= 0.3 is 5.97 Å². The van der Waals surface area contributed by atoms with Gasteiger partial charge in [-0.25, -0.2) is 4.79 Å². The standard InChI is InChI=1S/C28H26ClN5O3S/c1-15-16(2)38-25-23(15)24(18-6-10-20(29)11-7-18)31-28(4,27-33-32-17(3)34(25)27)14-22(35)30-21-12-8-19(9-13-21)26(36)37-5/h6-13H,14H2,1-5H3,(H,30,35)/t28-/m0/s1. The number of aromatic nitrogens is 3. The van der Waals surface area contributed by atoms with Crippen LogP contribution >= 0.6 is 22.9 Å². The average molecular weight is 548 g/mol. The molecule has 8 nitrogen and oxygen atoms in total. The normalized spacial score (nSPS) is 16.2. The first-order valence-corrected chi connectivity index (χ1v) is 13.2. The summed E-state index contributed by atoms with van der Waals surface area (Å²) in [4.78, 5) is 31.5. The van der Waals surface area contributed by atoms with Crippen molar-refractivity contribution in [2.75, 3.05) is 12.4 Å². The van der Waals surface area contributed by atoms with E-state index in [1.54, 1.807) is 35.6 Å². The number of methoxy groups -OCH3 is 1. The molecule has 0 saturated heterocycles. The number of aryl methyl sites for hydroxylation is 2. The third kappa shape index (κ3) is 4.52. The largest absolute Gasteiger partial charge is 0.465 e. The Morgan fingerprint density at radius 2 is 1.74 bits per heavy atom. The summed E-state index contributed by atoms with van der Waals surface area (Å²) in [5.74, 6) is 0.631. The van der Waals surface area contributed by atoms with E-state index in [2.05, 4.69) is 29.4 Å². The molecule has 0 saturated carbocycles. The fraction of sp³-hybridized carbons (Fsp3) is 0.250. The molecule has 1 atom stereocenters. The maximum atomic E-state index is 13.4. The van der Waals surface area contributed by atoms with Gasteiger partial charge in [0.2, 0.25) is 5.91 Å². The Morgan fingerprint density at radius 1 is 1.05 bits per heavy atom. The van der Waals surface area contributed by atoms with Crippen LogP contribution in [0.3, 0.4) is 0 Å². The highest BCUT2D eigenvalue weighted by molar-refractivity contribution is 7.15. The second-order valence-corrected chi connectivity index (χ2v) is 11.0. The van der Waals surface area contributed by atoms with Crippen molar-refractivity contribution in [2.45, 2.75) is 39.7 Å². The Balaban J connectivity index is 1.58. The summed E-state index contributed by atoms with van der Waals surface area (Å²) in [6.07, 6.45) is 0.0218. The maximum Gasteiger partial charge on any atom is 0.337 e. The Morgan fingerprint density at radius 3 is 2.39 bits per heavy atom. The number of ether oxygens (including phenoxy) is 1. The van der Waals surface area contributed by atoms with Gasteiger partial charge in [0.1, 0.15) is 16.4 Å². The van der Waals surface area contributed by atoms with Crippen molar-refractivity contribution >= 4 is 46.2 Å². The predicted molar refractivity (Wildman–Crippen MR) is 149 cm³/mol. The number of esters is 1. The van der Waals surface area contributed by atoms with Crippen LogP contribution in [-0.4, -0.2) is 39.5 Å². The lowest BCUT2D eigenvalue weighted by molar-refractivity contribution is -0.117. The van der Waals surface area contributed by atoms with Crippen molar-refractivity contribution in [3.05, 3.63) is 92.3 Å². The highest BCUT2D eigenvalue weighted by Crippen LogP contribution is 2.42. The first-order valence-electron chi connectivity index (χ1n) is 12.0. The zero-order valence-electron chi connectivity index (χ0n) is 21.6. The number of benzene rings is 2. The van der Waals surface area contributed by atoms with Crippen molar-refractivity contribution in [3.63, 3.8) is 0 Å². The van der Waals surface area contributed by atoms with E-state index in [9.17, 15) is 9.59 Å². The number of halogens is 1. The summed E-state index contributed by atoms with van der Waals surface area (Å²) in [6.45, 7) is 7.98. The quantitative estimate of drug-likeness (QED) is 0.319. The molecule has 0 unspecified atom stereocenters. The van der Waals surface area contributed by atoms with Gasteiger partial charge in [0.15, 0.2) is 5.82 Å². The number of anilines is 1. The van der Waals surface area contributed by atoms with Gasteiger partial charge in [-0.1, -0.05) is 23.7 Å². The third-order valence-electron chi connectivity index (χ3n) is 6.68. The lowest BCUT2D eigenvalue weighted by atomic mass is 9.95. The highest BCUT2D eigenvalue weighted by Gasteiger charge is 2.40. The number of nitrogens with one attached hydrogen (secondary N) is 1. The van der Waals surface area contributed by atoms with Gasteiger partial charge in [0.05, 0.1) is 24.8 Å². The van der Waals surface area contributed by atoms with Crippen molar-refractivity contribution in [2.24, 2.45) is 4.99 Å². The van der Waals surface area contributed by atoms with Crippen LogP contribution in [0, 0.1) is 20.8 Å². The molecule has 5 rings (SSSR count). The van der Waals surface area contributed by atoms with Crippen molar-refractivity contribution in [3.8, 4) is 5.00 Å². The number of thiophene rings is 1. The van der Waals surface area contributed by atoms with Gasteiger partial charge in [-0.2, -0.15) is 0 Å². The molecule has 0 aliphatic carbocycles. The number of rotatable bonds is 5. The van der Waals surface area contributed by atoms with Gasteiger partial charge in [0.25, 0.3) is 0 Å². The van der Waals surface area contributed by atoms with Gasteiger partial charge in [-0.05, 0) is 69.7 Å². The van der Waals surface area contributed by atoms with Crippen LogP contribution in [0.4, 0.5) is 5.69 Å². The molecule has 2 aromatic heterocycles. The summed E-state index contributed by atoms with van der Waals surface area (Å²) in [5.41, 5.74) is 3.74. The van der Waals surface area contributed by atoms with Crippen molar-refractivity contribution in [1.82, 2.24) is 14.8 Å². The van der Waals surface area contributed by atoms with E-state index in [0.717, 1.165) is 33.2 Å². The summed E-state index contributed by atoms with van der Waals surface area (Å²) >= 11 is 7.85. The second kappa shape index (κ2) is 9.81. The van der Waals surface area contributed by atoms with Crippen LogP contribution in [-0.2, 0) is 15.1 Å². The van der Waals surface area contributed by atoms with Crippen LogP contribution in [0.15, 0.2) is 53.5 Å². The van der Waals surface area contributed by atoms with E-state index in [0.29, 0.717) is 22.1 Å². The molecule has 10 heteroatoms. The number of hydrogen-bond acceptors (Lipinski definition) is 7. The zero-order chi connectivity index (χ0) is 27.2. The molecule has 4 aromatic rings. The van der Waals surface area contributed by atoms with E-state index in [1.165, 1.54) is 12.0 Å². The number of hydrogen-bond donors (Lipinski definition) is 1. The number of aliphatic imine (C=N–C) groups is 1. The minimum absolute atomic E-state index is 0.0218. The van der Waals surface area contributed by atoms with Crippen LogP contribution in [0.2, 0.25) is 5.02 Å². The molecule has 3 heterocycles. The fourth-order valence-corrected chi connectivity index (χ4v) is 5.95. The SMILES string of the molecule is COC(=O)c1ccc(NC(=O)C[C@]2(C)N=C(c3ccc(Cl)cc3)c3c(sc(C)c3C)-n3c(C)nnc32)cc1. The minimum Gasteiger partial charge on any atom is -0.465 e. The Hall–Kier alpha value is -3.82. The lowest BCUT2D eigenvalue weighted by Gasteiger charge is -2.24. The van der Waals surface area contributed by atoms with Gasteiger partial charge in [0, 0.05) is 26.7 Å². The topological polar surface area (TPSA) is 98.5 Å². The second-order valence-electron chi connectivity index (χ2n) is 9.40. The third-order valence-corrected chi connectivity index (χ3v) is 8.13. The van der Waals surface area contributed by atoms with Gasteiger partial charge in [-0.3, -0.25) is 14.4 Å². The molecule has 194 valence electrons. The number of carbonyl (C=O) groups excluding carboxylic acids is 2. The molecule has 2 aromatic carbocycles. The van der Waals surface area contributed by atoms with Crippen molar-refractivity contribution in [1.29, 1.82) is 0 Å². The fourth-order valence-electron chi connectivity index (χ4n) is 4.61. The molecule has 0 fully saturated rings. The van der Waals surface area contributed by atoms with Crippen LogP contribution in [0.25, 0.3) is 5.00 Å². The molecule has 0 radical (unpaired) electrons. The summed E-state index contributed by atoms with van der Waals surface area (Å²) in [7, 11) is 1.33. The van der Waals surface area contributed by atoms with Gasteiger partial charge < -0.3 is 10.1 Å². The molecule has 1 N–H and O–H groups in total. The van der Waals surface area contributed by atoms with Crippen LogP contribution in [0.1, 0.15) is 56.9 Å². The molecule has 1 aliphatic rings. The van der Waals surface area contributed by atoms with E-state index in [-0.39, 0.29) is 12.3 Å². The predicted octanol–water partition coefficient (Wildman–Crippen LogP) is 5.79. The zero-order valence-corrected chi connectivity index (χ0v) is 23.2. The number of fused-ring (bicyclic) bond motifs is 3. The molecular formula is C28H26ClN5O3S. The summed E-state index contributed by atoms with van der Waals surface area (Å²) in [6, 6.07) is 14.1. The summed E-state index contributed by atoms with van der Waals surface area (Å²) in [5, 5.41) is 13.4. The highest BCUT2D eigenvalue weighted by atomic mass is 35.5. The molecule has 1 aliphatic heterocycles. The Bertz CT molecular complexity index is 1590. The number of carbonyl (C=O) groups is 2. The monoisotopic (exact) mass is 547 g/mol. The Labute approximate surface area is 229 Å². The minimum atomic E-state index is -1.02. The number of nitrogens with zero attached hydrogens (tertiary/aromatic N) is 4. The maximum absolute atomic E-state index is 13.4. The first kappa shape index (κ1) is 25.8. The molecular weight excluding hydrogens is 522 g/mol. The molecule has 38 heavy (non-hydrogen) atoms. The molecule has 0 bridgehead atoms. The first-order chi connectivity index (χ1) is 18.1. The average Bonchev–Trinajstić information content (AvgIpc) is 3.39. The summed E-state index contributed by atoms with van der Waals surface area (Å²) < 4.78 is 6.76. The Kier molecular flexibility index (Phi) is 6.66. The van der Waals surface area contributed by atoms with E-state index >= 15 is 0 Å². The molecule has 1 amide bonds. The van der Waals surface area contributed by atoms with E-state index < -0.39 is 11.5 Å². The van der Waals surface area contributed by atoms with E-state index in [4.69, 9.17) is 21.3 Å². The van der Waals surface area contributed by atoms with Crippen molar-refractivity contribution < 1.29 is 14.3 Å². The van der Waals surface area contributed by atoms with Crippen LogP contribution < -0.4 is 5.32 Å².